The molecule has 3 aromatic rings. The fourth-order valence-electron chi connectivity index (χ4n) is 3.79. The average molecular weight is 418 g/mol. The molecule has 0 bridgehead atoms. The molecule has 7 heteroatoms. The predicted molar refractivity (Wildman–Crippen MR) is 110 cm³/mol. The van der Waals surface area contributed by atoms with Crippen molar-refractivity contribution in [2.24, 2.45) is 0 Å². The van der Waals surface area contributed by atoms with Crippen molar-refractivity contribution in [2.45, 2.75) is 44.2 Å². The first kappa shape index (κ1) is 19.8. The van der Waals surface area contributed by atoms with Gasteiger partial charge in [0.25, 0.3) is 12.3 Å². The van der Waals surface area contributed by atoms with Crippen LogP contribution < -0.4 is 10.6 Å². The van der Waals surface area contributed by atoms with E-state index in [0.717, 1.165) is 52.8 Å². The maximum Gasteiger partial charge on any atom is 0.272 e. The quantitative estimate of drug-likeness (QED) is 0.523. The Morgan fingerprint density at radius 2 is 1.69 bits per heavy atom. The largest absolute Gasteiger partial charge is 0.382 e. The van der Waals surface area contributed by atoms with Gasteiger partial charge >= 0.3 is 0 Å². The second kappa shape index (κ2) is 8.45. The minimum atomic E-state index is -2.46. The minimum absolute atomic E-state index is 0.0768. The topological polar surface area (TPSA) is 41.1 Å². The molecule has 29 heavy (non-hydrogen) atoms. The zero-order chi connectivity index (χ0) is 20.4. The molecule has 1 amide bonds. The van der Waals surface area contributed by atoms with Crippen LogP contribution >= 0.6 is 11.3 Å². The van der Waals surface area contributed by atoms with Crippen LogP contribution in [0.3, 0.4) is 0 Å². The number of hydrogen-bond acceptors (Lipinski definition) is 3. The number of hydrogen-bond donors (Lipinski definition) is 2. The standard InChI is InChI=1S/C22H21F3N2OS/c23-14-6-4-13(5-7-14)22(28)27-16-10-8-15(9-11-16)26-18-2-1-3-19-17(18)12-20(29-19)21(24)25/h1-7,12,15-16,21,26H,8-11H2,(H,27,28). The van der Waals surface area contributed by atoms with Crippen LogP contribution in [0.15, 0.2) is 48.5 Å². The van der Waals surface area contributed by atoms with Gasteiger partial charge in [0.15, 0.2) is 0 Å². The van der Waals surface area contributed by atoms with E-state index in [1.165, 1.54) is 24.3 Å². The molecule has 1 aliphatic carbocycles. The molecule has 0 aliphatic heterocycles. The van der Waals surface area contributed by atoms with Gasteiger partial charge < -0.3 is 10.6 Å². The average Bonchev–Trinajstić information content (AvgIpc) is 3.16. The van der Waals surface area contributed by atoms with Crippen LogP contribution in [-0.4, -0.2) is 18.0 Å². The van der Waals surface area contributed by atoms with E-state index >= 15 is 0 Å². The second-order valence-electron chi connectivity index (χ2n) is 7.34. The summed E-state index contributed by atoms with van der Waals surface area (Å²) in [7, 11) is 0. The summed E-state index contributed by atoms with van der Waals surface area (Å²) in [6.45, 7) is 0. The highest BCUT2D eigenvalue weighted by Gasteiger charge is 2.23. The highest BCUT2D eigenvalue weighted by atomic mass is 32.1. The molecule has 1 aromatic heterocycles. The van der Waals surface area contributed by atoms with Gasteiger partial charge in [0.1, 0.15) is 5.82 Å². The molecule has 1 fully saturated rings. The molecule has 3 nitrogen and oxygen atoms in total. The number of anilines is 1. The summed E-state index contributed by atoms with van der Waals surface area (Å²) in [5, 5.41) is 7.34. The van der Waals surface area contributed by atoms with E-state index in [1.54, 1.807) is 6.07 Å². The fraction of sp³-hybridized carbons (Fsp3) is 0.318. The third-order valence-electron chi connectivity index (χ3n) is 5.32. The summed E-state index contributed by atoms with van der Waals surface area (Å²) in [5.74, 6) is -0.557. The molecule has 0 saturated heterocycles. The van der Waals surface area contributed by atoms with Crippen molar-refractivity contribution in [1.82, 2.24) is 5.32 Å². The Labute approximate surface area is 170 Å². The van der Waals surface area contributed by atoms with Crippen LogP contribution in [-0.2, 0) is 0 Å². The highest BCUT2D eigenvalue weighted by molar-refractivity contribution is 7.19. The van der Waals surface area contributed by atoms with Gasteiger partial charge in [0, 0.05) is 33.4 Å². The SMILES string of the molecule is O=C(NC1CCC(Nc2cccc3sc(C(F)F)cc23)CC1)c1ccc(F)cc1. The van der Waals surface area contributed by atoms with Crippen LogP contribution in [0.1, 0.15) is 47.3 Å². The number of thiophene rings is 1. The molecule has 1 saturated carbocycles. The Bertz CT molecular complexity index is 995. The van der Waals surface area contributed by atoms with Gasteiger partial charge in [-0.1, -0.05) is 6.07 Å². The third kappa shape index (κ3) is 4.56. The van der Waals surface area contributed by atoms with E-state index in [-0.39, 0.29) is 28.7 Å². The molecule has 2 aromatic carbocycles. The maximum absolute atomic E-state index is 13.0. The lowest BCUT2D eigenvalue weighted by Gasteiger charge is -2.30. The van der Waals surface area contributed by atoms with E-state index in [2.05, 4.69) is 10.6 Å². The molecule has 1 aliphatic rings. The number of nitrogens with one attached hydrogen (secondary N) is 2. The number of amides is 1. The summed E-state index contributed by atoms with van der Waals surface area (Å²) < 4.78 is 39.9. The lowest BCUT2D eigenvalue weighted by atomic mass is 9.90. The first-order chi connectivity index (χ1) is 14.0. The lowest BCUT2D eigenvalue weighted by Crippen LogP contribution is -2.40. The summed E-state index contributed by atoms with van der Waals surface area (Å²) in [6.07, 6.45) is 0.937. The van der Waals surface area contributed by atoms with Crippen molar-refractivity contribution < 1.29 is 18.0 Å². The number of alkyl halides is 2. The Balaban J connectivity index is 1.35. The molecule has 2 N–H and O–H groups in total. The van der Waals surface area contributed by atoms with Gasteiger partial charge in [-0.3, -0.25) is 4.79 Å². The van der Waals surface area contributed by atoms with Gasteiger partial charge in [-0.2, -0.15) is 0 Å². The zero-order valence-electron chi connectivity index (χ0n) is 15.6. The van der Waals surface area contributed by atoms with Gasteiger partial charge in [-0.15, -0.1) is 11.3 Å². The molecule has 0 atom stereocenters. The second-order valence-corrected chi connectivity index (χ2v) is 8.46. The van der Waals surface area contributed by atoms with Crippen molar-refractivity contribution in [3.8, 4) is 0 Å². The van der Waals surface area contributed by atoms with Crippen molar-refractivity contribution >= 4 is 33.0 Å². The Morgan fingerprint density at radius 1 is 1.00 bits per heavy atom. The van der Waals surface area contributed by atoms with E-state index in [0.29, 0.717) is 5.56 Å². The molecule has 1 heterocycles. The van der Waals surface area contributed by atoms with Gasteiger partial charge in [-0.25, -0.2) is 13.2 Å². The highest BCUT2D eigenvalue weighted by Crippen LogP contribution is 2.37. The zero-order valence-corrected chi connectivity index (χ0v) is 16.4. The van der Waals surface area contributed by atoms with E-state index in [1.807, 2.05) is 18.2 Å². The van der Waals surface area contributed by atoms with E-state index in [9.17, 15) is 18.0 Å². The van der Waals surface area contributed by atoms with Crippen molar-refractivity contribution in [2.75, 3.05) is 5.32 Å². The van der Waals surface area contributed by atoms with Crippen LogP contribution in [0.2, 0.25) is 0 Å². The van der Waals surface area contributed by atoms with Crippen LogP contribution in [0.5, 0.6) is 0 Å². The Kier molecular flexibility index (Phi) is 5.76. The number of halogens is 3. The van der Waals surface area contributed by atoms with Crippen LogP contribution in [0, 0.1) is 5.82 Å². The summed E-state index contributed by atoms with van der Waals surface area (Å²) >= 11 is 1.13. The number of carbonyl (C=O) groups excluding carboxylic acids is 1. The summed E-state index contributed by atoms with van der Waals surface area (Å²) in [4.78, 5) is 12.4. The van der Waals surface area contributed by atoms with E-state index < -0.39 is 6.43 Å². The third-order valence-corrected chi connectivity index (χ3v) is 6.43. The first-order valence-electron chi connectivity index (χ1n) is 9.63. The maximum atomic E-state index is 13.0. The number of benzene rings is 2. The lowest BCUT2D eigenvalue weighted by molar-refractivity contribution is 0.0926. The molecule has 0 unspecified atom stereocenters. The molecule has 0 radical (unpaired) electrons. The molecule has 4 rings (SSSR count). The number of rotatable bonds is 5. The molecule has 152 valence electrons. The van der Waals surface area contributed by atoms with E-state index in [4.69, 9.17) is 0 Å². The fourth-order valence-corrected chi connectivity index (χ4v) is 4.73. The molecule has 0 spiro atoms. The number of fused-ring (bicyclic) bond motifs is 1. The molecular formula is C22H21F3N2OS. The minimum Gasteiger partial charge on any atom is -0.382 e. The van der Waals surface area contributed by atoms with Crippen LogP contribution in [0.25, 0.3) is 10.1 Å². The normalized spacial score (nSPS) is 19.4. The van der Waals surface area contributed by atoms with Gasteiger partial charge in [0.2, 0.25) is 0 Å². The first-order valence-corrected chi connectivity index (χ1v) is 10.4. The van der Waals surface area contributed by atoms with Gasteiger partial charge in [0.05, 0.1) is 4.88 Å². The Morgan fingerprint density at radius 3 is 2.38 bits per heavy atom. The monoisotopic (exact) mass is 418 g/mol. The summed E-state index contributed by atoms with van der Waals surface area (Å²) in [5.41, 5.74) is 1.33. The van der Waals surface area contributed by atoms with Crippen molar-refractivity contribution in [3.05, 3.63) is 64.8 Å². The van der Waals surface area contributed by atoms with Gasteiger partial charge in [-0.05, 0) is 68.1 Å². The Hall–Kier alpha value is -2.54. The van der Waals surface area contributed by atoms with Crippen molar-refractivity contribution in [3.63, 3.8) is 0 Å². The number of carbonyl (C=O) groups is 1. The van der Waals surface area contributed by atoms with Crippen molar-refractivity contribution in [1.29, 1.82) is 0 Å². The predicted octanol–water partition coefficient (Wildman–Crippen LogP) is 6.13. The smallest absolute Gasteiger partial charge is 0.272 e. The van der Waals surface area contributed by atoms with Crippen LogP contribution in [0.4, 0.5) is 18.9 Å². The summed E-state index contributed by atoms with van der Waals surface area (Å²) in [6, 6.07) is 13.1. The molecular weight excluding hydrogens is 397 g/mol.